The molecule has 0 bridgehead atoms. The lowest BCUT2D eigenvalue weighted by Gasteiger charge is -2.07. The van der Waals surface area contributed by atoms with E-state index in [9.17, 15) is 4.79 Å². The third kappa shape index (κ3) is 3.44. The molecule has 0 radical (unpaired) electrons. The molecule has 0 fully saturated rings. The van der Waals surface area contributed by atoms with Crippen LogP contribution in [0.3, 0.4) is 0 Å². The van der Waals surface area contributed by atoms with Gasteiger partial charge in [-0.05, 0) is 23.6 Å². The van der Waals surface area contributed by atoms with Crippen LogP contribution in [0.2, 0.25) is 5.02 Å². The van der Waals surface area contributed by atoms with Crippen molar-refractivity contribution in [1.29, 1.82) is 0 Å². The largest absolute Gasteiger partial charge is 0.383 e. The maximum Gasteiger partial charge on any atom is 0.266 e. The normalized spacial score (nSPS) is 11.1. The lowest BCUT2D eigenvalue weighted by Crippen LogP contribution is -2.21. The first-order valence-corrected chi connectivity index (χ1v) is 9.00. The van der Waals surface area contributed by atoms with E-state index >= 15 is 0 Å². The van der Waals surface area contributed by atoms with Crippen molar-refractivity contribution in [2.45, 2.75) is 19.5 Å². The number of halogens is 1. The molecule has 4 aromatic rings. The minimum absolute atomic E-state index is 0.219. The Morgan fingerprint density at radius 3 is 2.56 bits per heavy atom. The van der Waals surface area contributed by atoms with E-state index in [1.807, 2.05) is 48.5 Å². The highest BCUT2D eigenvalue weighted by atomic mass is 35.5. The van der Waals surface area contributed by atoms with E-state index in [1.165, 1.54) is 16.5 Å². The van der Waals surface area contributed by atoms with E-state index in [2.05, 4.69) is 10.1 Å². The molecule has 0 spiro atoms. The summed E-state index contributed by atoms with van der Waals surface area (Å²) in [7, 11) is 0. The zero-order chi connectivity index (χ0) is 18.8. The van der Waals surface area contributed by atoms with E-state index in [0.29, 0.717) is 35.0 Å². The number of nitrogens with two attached hydrogens (primary N) is 1. The number of nitrogens with zero attached hydrogens (tertiary/aromatic N) is 4. The van der Waals surface area contributed by atoms with Crippen molar-refractivity contribution in [1.82, 2.24) is 19.3 Å². The number of aryl methyl sites for hydroxylation is 2. The van der Waals surface area contributed by atoms with Crippen molar-refractivity contribution in [3.8, 4) is 0 Å². The fraction of sp³-hybridized carbons (Fsp3) is 0.150. The van der Waals surface area contributed by atoms with Crippen LogP contribution in [0, 0.1) is 0 Å². The quantitative estimate of drug-likeness (QED) is 0.577. The van der Waals surface area contributed by atoms with Crippen LogP contribution in [0.15, 0.2) is 65.7 Å². The number of hydrogen-bond acceptors (Lipinski definition) is 4. The summed E-state index contributed by atoms with van der Waals surface area (Å²) < 4.78 is 3.15. The highest BCUT2D eigenvalue weighted by Gasteiger charge is 2.15. The highest BCUT2D eigenvalue weighted by molar-refractivity contribution is 6.31. The average molecular weight is 380 g/mol. The lowest BCUT2D eigenvalue weighted by molar-refractivity contribution is 0.628. The molecule has 136 valence electrons. The summed E-state index contributed by atoms with van der Waals surface area (Å²) in [5.41, 5.74) is 8.39. The molecule has 0 aliphatic rings. The third-order valence-corrected chi connectivity index (χ3v) is 4.89. The molecule has 0 unspecified atom stereocenters. The zero-order valence-electron chi connectivity index (χ0n) is 14.5. The molecular weight excluding hydrogens is 362 g/mol. The molecule has 2 N–H and O–H groups in total. The lowest BCUT2D eigenvalue weighted by atomic mass is 10.1. The molecule has 27 heavy (non-hydrogen) atoms. The van der Waals surface area contributed by atoms with Crippen molar-refractivity contribution in [3.05, 3.63) is 87.4 Å². The van der Waals surface area contributed by atoms with Gasteiger partial charge in [-0.1, -0.05) is 60.1 Å². The summed E-state index contributed by atoms with van der Waals surface area (Å²) in [5.74, 6) is 0.340. The Bertz CT molecular complexity index is 1150. The van der Waals surface area contributed by atoms with Gasteiger partial charge in [0.2, 0.25) is 0 Å². The minimum atomic E-state index is -0.219. The minimum Gasteiger partial charge on any atom is -0.383 e. The van der Waals surface area contributed by atoms with Crippen LogP contribution in [-0.4, -0.2) is 19.3 Å². The number of benzene rings is 2. The summed E-state index contributed by atoms with van der Waals surface area (Å²) in [6.45, 7) is 0.909. The highest BCUT2D eigenvalue weighted by Crippen LogP contribution is 2.18. The summed E-state index contributed by atoms with van der Waals surface area (Å²) >= 11 is 6.20. The number of hydrogen-bond donors (Lipinski definition) is 1. The van der Waals surface area contributed by atoms with Crippen LogP contribution in [0.1, 0.15) is 11.1 Å². The molecule has 2 aromatic carbocycles. The predicted octanol–water partition coefficient (Wildman–Crippen LogP) is 3.12. The van der Waals surface area contributed by atoms with Crippen molar-refractivity contribution in [3.63, 3.8) is 0 Å². The Hall–Kier alpha value is -3.12. The Morgan fingerprint density at radius 1 is 1.04 bits per heavy atom. The summed E-state index contributed by atoms with van der Waals surface area (Å²) in [5, 5.41) is 5.35. The van der Waals surface area contributed by atoms with Crippen LogP contribution >= 0.6 is 11.6 Å². The summed E-state index contributed by atoms with van der Waals surface area (Å²) in [6, 6.07) is 17.5. The zero-order valence-corrected chi connectivity index (χ0v) is 15.3. The molecule has 0 aliphatic carbocycles. The van der Waals surface area contributed by atoms with Gasteiger partial charge < -0.3 is 5.73 Å². The second kappa shape index (κ2) is 7.25. The van der Waals surface area contributed by atoms with Crippen LogP contribution in [0.5, 0.6) is 0 Å². The maximum absolute atomic E-state index is 12.9. The van der Waals surface area contributed by atoms with Crippen molar-refractivity contribution < 1.29 is 0 Å². The smallest absolute Gasteiger partial charge is 0.266 e. The van der Waals surface area contributed by atoms with Crippen molar-refractivity contribution in [2.24, 2.45) is 0 Å². The molecule has 2 aromatic heterocycles. The molecule has 0 saturated carbocycles. The number of fused-ring (bicyclic) bond motifs is 1. The van der Waals surface area contributed by atoms with Crippen LogP contribution < -0.4 is 11.3 Å². The molecule has 4 rings (SSSR count). The standard InChI is InChI=1S/C20H18ClN5O/c21-16-9-5-4-8-15(16)12-25-13-23-19-17(20(25)27)18(22)26(24-19)11-10-14-6-2-1-3-7-14/h1-9,13H,10-12,22H2. The topological polar surface area (TPSA) is 78.7 Å². The molecule has 2 heterocycles. The van der Waals surface area contributed by atoms with Gasteiger partial charge in [-0.15, -0.1) is 0 Å². The molecule has 0 atom stereocenters. The van der Waals surface area contributed by atoms with E-state index in [4.69, 9.17) is 17.3 Å². The van der Waals surface area contributed by atoms with Crippen LogP contribution in [-0.2, 0) is 19.5 Å². The molecule has 0 aliphatic heterocycles. The molecule has 0 saturated heterocycles. The monoisotopic (exact) mass is 379 g/mol. The first kappa shape index (κ1) is 17.3. The van der Waals surface area contributed by atoms with Gasteiger partial charge in [0, 0.05) is 11.6 Å². The Balaban J connectivity index is 1.66. The fourth-order valence-electron chi connectivity index (χ4n) is 3.05. The SMILES string of the molecule is Nc1c2c(=O)n(Cc3ccccc3Cl)cnc2nn1CCc1ccccc1. The number of nitrogen functional groups attached to an aromatic ring is 1. The number of aromatic nitrogens is 4. The molecule has 6 nitrogen and oxygen atoms in total. The van der Waals surface area contributed by atoms with Crippen molar-refractivity contribution >= 4 is 28.5 Å². The molecular formula is C20H18ClN5O. The van der Waals surface area contributed by atoms with Crippen LogP contribution in [0.4, 0.5) is 5.82 Å². The second-order valence-corrected chi connectivity index (χ2v) is 6.72. The maximum atomic E-state index is 12.9. The number of anilines is 1. The third-order valence-electron chi connectivity index (χ3n) is 4.52. The predicted molar refractivity (Wildman–Crippen MR) is 107 cm³/mol. The Kier molecular flexibility index (Phi) is 4.64. The van der Waals surface area contributed by atoms with Gasteiger partial charge >= 0.3 is 0 Å². The first-order valence-electron chi connectivity index (χ1n) is 8.62. The Labute approximate surface area is 160 Å². The van der Waals surface area contributed by atoms with E-state index in [-0.39, 0.29) is 5.56 Å². The van der Waals surface area contributed by atoms with Gasteiger partial charge in [-0.2, -0.15) is 5.10 Å². The fourth-order valence-corrected chi connectivity index (χ4v) is 3.25. The number of rotatable bonds is 5. The van der Waals surface area contributed by atoms with E-state index in [1.54, 1.807) is 10.7 Å². The second-order valence-electron chi connectivity index (χ2n) is 6.31. The van der Waals surface area contributed by atoms with Gasteiger partial charge in [-0.25, -0.2) is 9.67 Å². The summed E-state index contributed by atoms with van der Waals surface area (Å²) in [4.78, 5) is 17.2. The Morgan fingerprint density at radius 2 is 1.78 bits per heavy atom. The average Bonchev–Trinajstić information content (AvgIpc) is 3.01. The van der Waals surface area contributed by atoms with Gasteiger partial charge in [0.25, 0.3) is 5.56 Å². The van der Waals surface area contributed by atoms with Crippen LogP contribution in [0.25, 0.3) is 11.0 Å². The first-order chi connectivity index (χ1) is 13.1. The molecule has 0 amide bonds. The van der Waals surface area contributed by atoms with Gasteiger partial charge in [0.1, 0.15) is 17.5 Å². The van der Waals surface area contributed by atoms with E-state index < -0.39 is 0 Å². The molecule has 7 heteroatoms. The van der Waals surface area contributed by atoms with E-state index in [0.717, 1.165) is 12.0 Å². The van der Waals surface area contributed by atoms with Gasteiger partial charge in [0.15, 0.2) is 5.65 Å². The van der Waals surface area contributed by atoms with Gasteiger partial charge in [-0.3, -0.25) is 9.36 Å². The summed E-state index contributed by atoms with van der Waals surface area (Å²) in [6.07, 6.45) is 2.26. The van der Waals surface area contributed by atoms with Gasteiger partial charge in [0.05, 0.1) is 6.54 Å². The van der Waals surface area contributed by atoms with Crippen molar-refractivity contribution in [2.75, 3.05) is 5.73 Å².